The van der Waals surface area contributed by atoms with Crippen molar-refractivity contribution in [2.45, 2.75) is 39.0 Å². The third-order valence-corrected chi connectivity index (χ3v) is 2.14. The molecule has 0 aromatic carbocycles. The maximum absolute atomic E-state index is 4.13. The molecule has 0 saturated carbocycles. The molecule has 4 heteroatoms. The van der Waals surface area contributed by atoms with E-state index in [1.807, 2.05) is 0 Å². The fourth-order valence-electron chi connectivity index (χ4n) is 1.23. The van der Waals surface area contributed by atoms with Crippen LogP contribution in [0.5, 0.6) is 0 Å². The largest absolute Gasteiger partial charge is 0.309 e. The maximum Gasteiger partial charge on any atom is 0.0892 e. The summed E-state index contributed by atoms with van der Waals surface area (Å²) in [5.41, 5.74) is 0. The number of nitrogens with zero attached hydrogens (tertiary/aromatic N) is 3. The minimum Gasteiger partial charge on any atom is -0.309 e. The van der Waals surface area contributed by atoms with Crippen LogP contribution >= 0.6 is 12.4 Å². The second-order valence-corrected chi connectivity index (χ2v) is 4.08. The lowest BCUT2D eigenvalue weighted by molar-refractivity contribution is 0.403. The molecular formula is C12H26ClN3. The second kappa shape index (κ2) is 14.6. The minimum absolute atomic E-state index is 0. The van der Waals surface area contributed by atoms with Gasteiger partial charge in [-0.3, -0.25) is 0 Å². The van der Waals surface area contributed by atoms with Crippen molar-refractivity contribution >= 4 is 18.4 Å². The van der Waals surface area contributed by atoms with Gasteiger partial charge in [-0.2, -0.15) is 0 Å². The molecule has 0 saturated heterocycles. The topological polar surface area (TPSA) is 28.0 Å². The number of rotatable bonds is 9. The zero-order chi connectivity index (χ0) is 11.4. The van der Waals surface area contributed by atoms with Crippen LogP contribution in [0, 0.1) is 0 Å². The lowest BCUT2D eigenvalue weighted by Crippen LogP contribution is -2.13. The van der Waals surface area contributed by atoms with Gasteiger partial charge in [0.25, 0.3) is 0 Å². The van der Waals surface area contributed by atoms with Crippen LogP contribution in [-0.4, -0.2) is 44.6 Å². The predicted octanol–water partition coefficient (Wildman–Crippen LogP) is 3.11. The molecule has 0 aliphatic rings. The van der Waals surface area contributed by atoms with Gasteiger partial charge in [0.05, 0.1) is 12.6 Å². The Bertz CT molecular complexity index is 187. The van der Waals surface area contributed by atoms with E-state index in [9.17, 15) is 0 Å². The molecule has 0 amide bonds. The van der Waals surface area contributed by atoms with Crippen molar-refractivity contribution in [3.63, 3.8) is 0 Å². The lowest BCUT2D eigenvalue weighted by Gasteiger charge is -2.05. The van der Waals surface area contributed by atoms with Gasteiger partial charge in [0, 0.05) is 6.54 Å². The Hall–Kier alpha value is -0.370. The van der Waals surface area contributed by atoms with Gasteiger partial charge in [-0.25, -0.2) is 9.98 Å². The van der Waals surface area contributed by atoms with Crippen molar-refractivity contribution in [1.82, 2.24) is 4.90 Å². The van der Waals surface area contributed by atoms with Crippen molar-refractivity contribution in [3.8, 4) is 0 Å². The molecule has 0 fully saturated rings. The molecular weight excluding hydrogens is 222 g/mol. The first-order valence-corrected chi connectivity index (χ1v) is 6.00. The average Bonchev–Trinajstić information content (AvgIpc) is 2.20. The Kier molecular flexibility index (Phi) is 16.5. The van der Waals surface area contributed by atoms with Crippen LogP contribution in [0.3, 0.4) is 0 Å². The molecule has 0 aromatic rings. The van der Waals surface area contributed by atoms with Gasteiger partial charge < -0.3 is 4.90 Å². The Balaban J connectivity index is 0. The second-order valence-electron chi connectivity index (χ2n) is 4.08. The van der Waals surface area contributed by atoms with Gasteiger partial charge >= 0.3 is 0 Å². The van der Waals surface area contributed by atoms with E-state index in [0.717, 1.165) is 26.1 Å². The lowest BCUT2D eigenvalue weighted by atomic mass is 10.2. The number of hydrogen-bond donors (Lipinski definition) is 0. The Labute approximate surface area is 106 Å². The van der Waals surface area contributed by atoms with Crippen LogP contribution in [0.15, 0.2) is 9.98 Å². The van der Waals surface area contributed by atoms with Crippen LogP contribution in [-0.2, 0) is 0 Å². The highest BCUT2D eigenvalue weighted by molar-refractivity contribution is 5.85. The highest BCUT2D eigenvalue weighted by Gasteiger charge is 1.87. The summed E-state index contributed by atoms with van der Waals surface area (Å²) in [5, 5.41) is 0. The normalized spacial score (nSPS) is 9.50. The van der Waals surface area contributed by atoms with Gasteiger partial charge in [-0.05, 0) is 33.5 Å². The number of halogens is 1. The van der Waals surface area contributed by atoms with E-state index in [0.29, 0.717) is 0 Å². The summed E-state index contributed by atoms with van der Waals surface area (Å²) in [5.74, 6) is 0. The number of aliphatic imine (C=N–C) groups is 2. The molecule has 0 spiro atoms. The molecule has 0 aliphatic carbocycles. The first kappa shape index (κ1) is 18.0. The smallest absolute Gasteiger partial charge is 0.0892 e. The van der Waals surface area contributed by atoms with Gasteiger partial charge in [0.15, 0.2) is 0 Å². The molecule has 0 heterocycles. The first-order chi connectivity index (χ1) is 7.27. The Morgan fingerprint density at radius 1 is 0.938 bits per heavy atom. The Morgan fingerprint density at radius 2 is 1.56 bits per heavy atom. The first-order valence-electron chi connectivity index (χ1n) is 6.00. The zero-order valence-electron chi connectivity index (χ0n) is 10.9. The Morgan fingerprint density at radius 3 is 2.12 bits per heavy atom. The maximum atomic E-state index is 4.13. The summed E-state index contributed by atoms with van der Waals surface area (Å²) in [6, 6.07) is 2.77. The summed E-state index contributed by atoms with van der Waals surface area (Å²) >= 11 is 0. The van der Waals surface area contributed by atoms with Gasteiger partial charge in [0.1, 0.15) is 0 Å². The molecule has 0 bridgehead atoms. The summed E-state index contributed by atoms with van der Waals surface area (Å²) < 4.78 is 0. The molecule has 0 aliphatic heterocycles. The van der Waals surface area contributed by atoms with E-state index in [4.69, 9.17) is 0 Å². The number of hydrogen-bond acceptors (Lipinski definition) is 3. The molecule has 0 atom stereocenters. The third kappa shape index (κ3) is 16.1. The van der Waals surface area contributed by atoms with Crippen molar-refractivity contribution in [3.05, 3.63) is 0 Å². The quantitative estimate of drug-likeness (QED) is 0.455. The van der Waals surface area contributed by atoms with E-state index < -0.39 is 0 Å². The fourth-order valence-corrected chi connectivity index (χ4v) is 1.23. The summed E-state index contributed by atoms with van der Waals surface area (Å²) in [4.78, 5) is 10.4. The van der Waals surface area contributed by atoms with Crippen LogP contribution in [0.1, 0.15) is 39.0 Å². The van der Waals surface area contributed by atoms with Crippen LogP contribution in [0.4, 0.5) is 0 Å². The van der Waals surface area contributed by atoms with Crippen molar-refractivity contribution in [2.24, 2.45) is 9.98 Å². The zero-order valence-corrected chi connectivity index (χ0v) is 11.7. The van der Waals surface area contributed by atoms with Crippen LogP contribution in [0.25, 0.3) is 0 Å². The molecule has 3 nitrogen and oxygen atoms in total. The van der Waals surface area contributed by atoms with Gasteiger partial charge in [-0.1, -0.05) is 26.2 Å². The molecule has 16 heavy (non-hydrogen) atoms. The SMILES string of the molecule is CCCCCCN=C=NCCCN(C)C.Cl. The van der Waals surface area contributed by atoms with E-state index in [1.165, 1.54) is 25.7 Å². The van der Waals surface area contributed by atoms with Gasteiger partial charge in [0.2, 0.25) is 0 Å². The molecule has 0 aromatic heterocycles. The summed E-state index contributed by atoms with van der Waals surface area (Å²) in [7, 11) is 4.15. The van der Waals surface area contributed by atoms with Gasteiger partial charge in [-0.15, -0.1) is 12.4 Å². The fraction of sp³-hybridized carbons (Fsp3) is 0.917. The van der Waals surface area contributed by atoms with Crippen molar-refractivity contribution < 1.29 is 0 Å². The van der Waals surface area contributed by atoms with Crippen molar-refractivity contribution in [2.75, 3.05) is 33.7 Å². The van der Waals surface area contributed by atoms with E-state index in [1.54, 1.807) is 0 Å². The molecule has 0 N–H and O–H groups in total. The molecule has 0 unspecified atom stereocenters. The number of unbranched alkanes of at least 4 members (excludes halogenated alkanes) is 3. The van der Waals surface area contributed by atoms with Crippen LogP contribution < -0.4 is 0 Å². The summed E-state index contributed by atoms with van der Waals surface area (Å²) in [6.07, 6.45) is 6.14. The van der Waals surface area contributed by atoms with E-state index >= 15 is 0 Å². The highest BCUT2D eigenvalue weighted by Crippen LogP contribution is 1.97. The molecule has 0 rings (SSSR count). The monoisotopic (exact) mass is 247 g/mol. The standard InChI is InChI=1S/C12H25N3.ClH/c1-4-5-6-7-9-13-12-14-10-8-11-15(2)3;/h4-11H2,1-3H3;1H. The van der Waals surface area contributed by atoms with E-state index in [-0.39, 0.29) is 12.4 Å². The highest BCUT2D eigenvalue weighted by atomic mass is 35.5. The van der Waals surface area contributed by atoms with E-state index in [2.05, 4.69) is 41.9 Å². The minimum atomic E-state index is 0. The molecule has 0 radical (unpaired) electrons. The average molecular weight is 248 g/mol. The van der Waals surface area contributed by atoms with Crippen LogP contribution in [0.2, 0.25) is 0 Å². The summed E-state index contributed by atoms with van der Waals surface area (Å²) in [6.45, 7) is 5.03. The van der Waals surface area contributed by atoms with Crippen molar-refractivity contribution in [1.29, 1.82) is 0 Å². The molecule has 96 valence electrons. The predicted molar refractivity (Wildman–Crippen MR) is 74.2 cm³/mol. The third-order valence-electron chi connectivity index (χ3n) is 2.14.